The molecule has 0 saturated heterocycles. The molecule has 2 unspecified atom stereocenters. The smallest absolute Gasteiger partial charge is 0.335 e. The number of hydrogen-bond acceptors (Lipinski definition) is 3. The van der Waals surface area contributed by atoms with E-state index in [4.69, 9.17) is 4.74 Å². The molecule has 2 atom stereocenters. The second-order valence-corrected chi connectivity index (χ2v) is 7.17. The van der Waals surface area contributed by atoms with Crippen molar-refractivity contribution >= 4 is 11.9 Å². The molecule has 2 bridgehead atoms. The maximum atomic E-state index is 12.9. The summed E-state index contributed by atoms with van der Waals surface area (Å²) in [5.41, 5.74) is 1.25. The van der Waals surface area contributed by atoms with Gasteiger partial charge in [-0.2, -0.15) is 0 Å². The Hall–Kier alpha value is -1.58. The van der Waals surface area contributed by atoms with Crippen LogP contribution in [-0.4, -0.2) is 22.6 Å². The minimum atomic E-state index is -0.980. The third-order valence-electron chi connectivity index (χ3n) is 5.80. The number of unbranched alkanes of at least 4 members (excludes halogenated alkanes) is 2. The van der Waals surface area contributed by atoms with E-state index in [1.807, 2.05) is 26.8 Å². The maximum absolute atomic E-state index is 12.9. The van der Waals surface area contributed by atoms with Gasteiger partial charge in [0.15, 0.2) is 0 Å². The monoisotopic (exact) mass is 334 g/mol. The molecule has 0 amide bonds. The normalized spacial score (nSPS) is 22.8. The summed E-state index contributed by atoms with van der Waals surface area (Å²) in [6.07, 6.45) is 8.38. The molecule has 2 aliphatic carbocycles. The molecule has 134 valence electrons. The summed E-state index contributed by atoms with van der Waals surface area (Å²) < 4.78 is 5.95. The van der Waals surface area contributed by atoms with E-state index in [1.54, 1.807) is 0 Å². The molecule has 0 heterocycles. The molecular weight excluding hydrogens is 304 g/mol. The SMILES string of the molecule is CCCCCC(CC)(CC)OC(=O)C1=C(C(=O)O)C2CC1C=C2C. The largest absolute Gasteiger partial charge is 0.478 e. The van der Waals surface area contributed by atoms with Crippen LogP contribution in [0.25, 0.3) is 0 Å². The number of hydrogen-bond donors (Lipinski definition) is 1. The lowest BCUT2D eigenvalue weighted by atomic mass is 9.89. The quantitative estimate of drug-likeness (QED) is 0.379. The number of carboxylic acids is 1. The van der Waals surface area contributed by atoms with E-state index in [-0.39, 0.29) is 17.4 Å². The van der Waals surface area contributed by atoms with Gasteiger partial charge in [0, 0.05) is 11.8 Å². The van der Waals surface area contributed by atoms with Gasteiger partial charge in [-0.15, -0.1) is 0 Å². The number of aliphatic carboxylic acids is 1. The molecule has 2 aliphatic rings. The van der Waals surface area contributed by atoms with Gasteiger partial charge in [0.2, 0.25) is 0 Å². The van der Waals surface area contributed by atoms with E-state index in [2.05, 4.69) is 6.92 Å². The van der Waals surface area contributed by atoms with Crippen LogP contribution in [0.5, 0.6) is 0 Å². The summed E-state index contributed by atoms with van der Waals surface area (Å²) in [5.74, 6) is -1.60. The predicted octanol–water partition coefficient (Wildman–Crippen LogP) is 4.65. The van der Waals surface area contributed by atoms with E-state index < -0.39 is 17.5 Å². The molecule has 0 aromatic rings. The molecule has 2 rings (SSSR count). The van der Waals surface area contributed by atoms with Crippen molar-refractivity contribution in [2.45, 2.75) is 78.2 Å². The summed E-state index contributed by atoms with van der Waals surface area (Å²) in [4.78, 5) is 24.5. The number of carbonyl (C=O) groups is 2. The lowest BCUT2D eigenvalue weighted by molar-refractivity contribution is -0.157. The number of esters is 1. The zero-order valence-electron chi connectivity index (χ0n) is 15.4. The van der Waals surface area contributed by atoms with Gasteiger partial charge in [0.25, 0.3) is 0 Å². The highest BCUT2D eigenvalue weighted by Crippen LogP contribution is 2.48. The maximum Gasteiger partial charge on any atom is 0.335 e. The van der Waals surface area contributed by atoms with E-state index in [1.165, 1.54) is 0 Å². The van der Waals surface area contributed by atoms with E-state index in [0.29, 0.717) is 12.0 Å². The Balaban J connectivity index is 2.20. The molecule has 0 aromatic heterocycles. The Bertz CT molecular complexity index is 566. The van der Waals surface area contributed by atoms with Crippen molar-refractivity contribution in [2.75, 3.05) is 0 Å². The lowest BCUT2D eigenvalue weighted by Gasteiger charge is -2.32. The Kier molecular flexibility index (Phi) is 5.89. The lowest BCUT2D eigenvalue weighted by Crippen LogP contribution is -2.35. The van der Waals surface area contributed by atoms with Gasteiger partial charge in [-0.3, -0.25) is 0 Å². The average Bonchev–Trinajstić information content (AvgIpc) is 3.10. The highest BCUT2D eigenvalue weighted by Gasteiger charge is 2.46. The number of carboxylic acid groups (broad SMARTS) is 1. The predicted molar refractivity (Wildman–Crippen MR) is 93.6 cm³/mol. The van der Waals surface area contributed by atoms with Crippen LogP contribution in [0.1, 0.15) is 72.6 Å². The van der Waals surface area contributed by atoms with E-state index >= 15 is 0 Å². The van der Waals surface area contributed by atoms with Crippen LogP contribution in [0.15, 0.2) is 22.8 Å². The second kappa shape index (κ2) is 7.54. The Morgan fingerprint density at radius 3 is 2.42 bits per heavy atom. The summed E-state index contributed by atoms with van der Waals surface area (Å²) in [5, 5.41) is 9.57. The van der Waals surface area contributed by atoms with Gasteiger partial charge in [0.05, 0.1) is 11.1 Å². The first-order chi connectivity index (χ1) is 11.4. The van der Waals surface area contributed by atoms with Crippen LogP contribution in [0, 0.1) is 11.8 Å². The summed E-state index contributed by atoms with van der Waals surface area (Å²) in [6.45, 7) is 8.18. The highest BCUT2D eigenvalue weighted by molar-refractivity contribution is 6.03. The molecule has 24 heavy (non-hydrogen) atoms. The van der Waals surface area contributed by atoms with Crippen molar-refractivity contribution in [3.8, 4) is 0 Å². The molecule has 4 heteroatoms. The zero-order valence-corrected chi connectivity index (χ0v) is 15.4. The highest BCUT2D eigenvalue weighted by atomic mass is 16.6. The first kappa shape index (κ1) is 18.8. The fraction of sp³-hybridized carbons (Fsp3) is 0.700. The molecule has 0 radical (unpaired) electrons. The molecule has 0 spiro atoms. The van der Waals surface area contributed by atoms with Crippen LogP contribution in [-0.2, 0) is 14.3 Å². The van der Waals surface area contributed by atoms with Crippen molar-refractivity contribution in [2.24, 2.45) is 11.8 Å². The average molecular weight is 334 g/mol. The van der Waals surface area contributed by atoms with Crippen LogP contribution >= 0.6 is 0 Å². The summed E-state index contributed by atoms with van der Waals surface area (Å²) in [7, 11) is 0. The number of rotatable bonds is 9. The van der Waals surface area contributed by atoms with Crippen LogP contribution in [0.3, 0.4) is 0 Å². The standard InChI is InChI=1S/C20H30O4/c1-5-8-9-10-20(6-2,7-3)24-19(23)16-14-11-13(4)15(12-14)17(16)18(21)22/h11,14-15H,5-10,12H2,1-4H3,(H,21,22). The third kappa shape index (κ3) is 3.42. The molecule has 0 saturated carbocycles. The summed E-state index contributed by atoms with van der Waals surface area (Å²) >= 11 is 0. The van der Waals surface area contributed by atoms with Gasteiger partial charge < -0.3 is 9.84 Å². The first-order valence-electron chi connectivity index (χ1n) is 9.28. The Morgan fingerprint density at radius 1 is 1.21 bits per heavy atom. The molecule has 0 fully saturated rings. The summed E-state index contributed by atoms with van der Waals surface area (Å²) in [6, 6.07) is 0. The number of allylic oxidation sites excluding steroid dienone is 2. The van der Waals surface area contributed by atoms with E-state index in [9.17, 15) is 14.7 Å². The minimum Gasteiger partial charge on any atom is -0.478 e. The third-order valence-corrected chi connectivity index (χ3v) is 5.80. The van der Waals surface area contributed by atoms with E-state index in [0.717, 1.165) is 44.1 Å². The van der Waals surface area contributed by atoms with Crippen molar-refractivity contribution in [1.29, 1.82) is 0 Å². The first-order valence-corrected chi connectivity index (χ1v) is 9.28. The second-order valence-electron chi connectivity index (χ2n) is 7.17. The van der Waals surface area contributed by atoms with Crippen LogP contribution < -0.4 is 0 Å². The van der Waals surface area contributed by atoms with Crippen LogP contribution in [0.2, 0.25) is 0 Å². The van der Waals surface area contributed by atoms with Crippen molar-refractivity contribution in [3.63, 3.8) is 0 Å². The molecular formula is C20H30O4. The number of carbonyl (C=O) groups excluding carboxylic acids is 1. The van der Waals surface area contributed by atoms with Gasteiger partial charge in [0.1, 0.15) is 5.60 Å². The van der Waals surface area contributed by atoms with Crippen LogP contribution in [0.4, 0.5) is 0 Å². The van der Waals surface area contributed by atoms with Crippen molar-refractivity contribution in [3.05, 3.63) is 22.8 Å². The zero-order chi connectivity index (χ0) is 17.9. The Labute approximate surface area is 145 Å². The van der Waals surface area contributed by atoms with Crippen molar-refractivity contribution < 1.29 is 19.4 Å². The number of fused-ring (bicyclic) bond motifs is 2. The molecule has 4 nitrogen and oxygen atoms in total. The molecule has 1 N–H and O–H groups in total. The Morgan fingerprint density at radius 2 is 1.88 bits per heavy atom. The van der Waals surface area contributed by atoms with Gasteiger partial charge >= 0.3 is 11.9 Å². The van der Waals surface area contributed by atoms with Gasteiger partial charge in [-0.1, -0.05) is 45.3 Å². The fourth-order valence-electron chi connectivity index (χ4n) is 4.15. The molecule has 0 aromatic carbocycles. The van der Waals surface area contributed by atoms with Crippen molar-refractivity contribution in [1.82, 2.24) is 0 Å². The minimum absolute atomic E-state index is 0.0874. The molecule has 0 aliphatic heterocycles. The fourth-order valence-corrected chi connectivity index (χ4v) is 4.15. The topological polar surface area (TPSA) is 63.6 Å². The van der Waals surface area contributed by atoms with Gasteiger partial charge in [-0.05, 0) is 39.0 Å². The number of ether oxygens (including phenoxy) is 1. The van der Waals surface area contributed by atoms with Gasteiger partial charge in [-0.25, -0.2) is 9.59 Å².